The molecule has 21 heavy (non-hydrogen) atoms. The Morgan fingerprint density at radius 2 is 1.95 bits per heavy atom. The maximum absolute atomic E-state index is 5.95. The van der Waals surface area contributed by atoms with Crippen LogP contribution >= 0.6 is 11.6 Å². The van der Waals surface area contributed by atoms with E-state index in [-0.39, 0.29) is 0 Å². The largest absolute Gasteiger partial charge is 0.438 e. The fourth-order valence-electron chi connectivity index (χ4n) is 1.54. The first-order valence-electron chi connectivity index (χ1n) is 6.57. The number of anilines is 1. The Labute approximate surface area is 131 Å². The fraction of sp³-hybridized carbons (Fsp3) is 0.188. The van der Waals surface area contributed by atoms with Crippen LogP contribution in [0, 0.1) is 11.5 Å². The molecule has 0 saturated carbocycles. The van der Waals surface area contributed by atoms with E-state index in [4.69, 9.17) is 22.1 Å². The second kappa shape index (κ2) is 6.21. The summed E-state index contributed by atoms with van der Waals surface area (Å²) in [7, 11) is -1.47. The quantitative estimate of drug-likeness (QED) is 0.388. The van der Waals surface area contributed by atoms with E-state index in [1.54, 1.807) is 18.2 Å². The average Bonchev–Trinajstić information content (AvgIpc) is 2.36. The van der Waals surface area contributed by atoms with Crippen molar-refractivity contribution in [3.63, 3.8) is 0 Å². The van der Waals surface area contributed by atoms with Crippen LogP contribution in [0.4, 0.5) is 5.69 Å². The maximum Gasteiger partial charge on any atom is 0.236 e. The maximum atomic E-state index is 5.95. The Morgan fingerprint density at radius 3 is 2.62 bits per heavy atom. The van der Waals surface area contributed by atoms with E-state index in [2.05, 4.69) is 36.1 Å². The van der Waals surface area contributed by atoms with Crippen molar-refractivity contribution >= 4 is 25.4 Å². The van der Waals surface area contributed by atoms with Gasteiger partial charge in [-0.05, 0) is 24.3 Å². The van der Waals surface area contributed by atoms with Crippen LogP contribution in [0.25, 0.3) is 0 Å². The summed E-state index contributed by atoms with van der Waals surface area (Å²) in [5.41, 5.74) is 10.4. The molecule has 0 aliphatic heterocycles. The summed E-state index contributed by atoms with van der Waals surface area (Å²) >= 11 is 5.95. The molecule has 1 aromatic carbocycles. The molecule has 0 amide bonds. The number of benzene rings is 1. The minimum atomic E-state index is -1.47. The number of nitrogen functional groups attached to an aromatic ring is 1. The molecule has 0 bridgehead atoms. The minimum absolute atomic E-state index is 0.368. The van der Waals surface area contributed by atoms with Crippen molar-refractivity contribution in [1.82, 2.24) is 4.98 Å². The van der Waals surface area contributed by atoms with Crippen LogP contribution in [0.5, 0.6) is 11.6 Å². The number of aromatic nitrogens is 1. The van der Waals surface area contributed by atoms with Crippen LogP contribution in [-0.4, -0.2) is 13.1 Å². The van der Waals surface area contributed by atoms with Gasteiger partial charge in [0.05, 0.1) is 5.56 Å². The molecule has 0 fully saturated rings. The lowest BCUT2D eigenvalue weighted by Crippen LogP contribution is -2.16. The zero-order valence-corrected chi connectivity index (χ0v) is 14.0. The number of nitrogens with zero attached hydrogens (tertiary/aromatic N) is 1. The second-order valence-corrected chi connectivity index (χ2v) is 10.8. The van der Waals surface area contributed by atoms with E-state index >= 15 is 0 Å². The highest BCUT2D eigenvalue weighted by Crippen LogP contribution is 2.26. The molecule has 0 aliphatic rings. The van der Waals surface area contributed by atoms with E-state index in [1.807, 2.05) is 18.2 Å². The van der Waals surface area contributed by atoms with Gasteiger partial charge in [0.15, 0.2) is 0 Å². The van der Waals surface area contributed by atoms with Gasteiger partial charge in [0.1, 0.15) is 19.0 Å². The molecular weight excluding hydrogens is 300 g/mol. The summed E-state index contributed by atoms with van der Waals surface area (Å²) in [5.74, 6) is 4.16. The fourth-order valence-corrected chi connectivity index (χ4v) is 2.18. The smallest absolute Gasteiger partial charge is 0.236 e. The van der Waals surface area contributed by atoms with Gasteiger partial charge in [0.2, 0.25) is 5.88 Å². The first-order chi connectivity index (χ1) is 9.83. The summed E-state index contributed by atoms with van der Waals surface area (Å²) < 4.78 is 5.77. The van der Waals surface area contributed by atoms with Crippen LogP contribution in [0.1, 0.15) is 5.56 Å². The lowest BCUT2D eigenvalue weighted by molar-refractivity contribution is 0.462. The number of ether oxygens (including phenoxy) is 1. The standard InChI is InChI=1S/C16H17ClN2OSi/c1-21(2,3)10-9-12-7-8-15(17)19-16(12)20-14-6-4-5-13(18)11-14/h4-8,11H,18H2,1-3H3. The molecule has 2 aromatic rings. The second-order valence-electron chi connectivity index (χ2n) is 5.66. The molecule has 1 heterocycles. The molecule has 0 spiro atoms. The van der Waals surface area contributed by atoms with Gasteiger partial charge in [0.25, 0.3) is 0 Å². The molecular formula is C16H17ClN2OSi. The van der Waals surface area contributed by atoms with Gasteiger partial charge in [-0.2, -0.15) is 0 Å². The van der Waals surface area contributed by atoms with Gasteiger partial charge < -0.3 is 10.5 Å². The predicted octanol–water partition coefficient (Wildman–Crippen LogP) is 4.34. The Kier molecular flexibility index (Phi) is 4.56. The molecule has 5 heteroatoms. The molecule has 2 rings (SSSR count). The zero-order valence-electron chi connectivity index (χ0n) is 12.3. The van der Waals surface area contributed by atoms with E-state index in [0.29, 0.717) is 22.5 Å². The summed E-state index contributed by atoms with van der Waals surface area (Å²) in [6.45, 7) is 6.55. The van der Waals surface area contributed by atoms with Crippen molar-refractivity contribution in [2.75, 3.05) is 5.73 Å². The van der Waals surface area contributed by atoms with Crippen molar-refractivity contribution < 1.29 is 4.74 Å². The highest BCUT2D eigenvalue weighted by molar-refractivity contribution is 6.83. The number of halogens is 1. The Bertz CT molecular complexity index is 714. The Hall–Kier alpha value is -1.96. The molecule has 0 aliphatic carbocycles. The molecule has 2 N–H and O–H groups in total. The predicted molar refractivity (Wildman–Crippen MR) is 90.4 cm³/mol. The first kappa shape index (κ1) is 15.4. The minimum Gasteiger partial charge on any atom is -0.438 e. The summed E-state index contributed by atoms with van der Waals surface area (Å²) in [6, 6.07) is 10.7. The third-order valence-electron chi connectivity index (χ3n) is 2.47. The average molecular weight is 317 g/mol. The van der Waals surface area contributed by atoms with Crippen molar-refractivity contribution in [3.8, 4) is 23.1 Å². The van der Waals surface area contributed by atoms with Crippen molar-refractivity contribution in [2.45, 2.75) is 19.6 Å². The molecule has 1 aromatic heterocycles. The van der Waals surface area contributed by atoms with Gasteiger partial charge in [-0.25, -0.2) is 4.98 Å². The van der Waals surface area contributed by atoms with Gasteiger partial charge >= 0.3 is 0 Å². The lowest BCUT2D eigenvalue weighted by atomic mass is 10.3. The number of hydrogen-bond acceptors (Lipinski definition) is 3. The highest BCUT2D eigenvalue weighted by Gasteiger charge is 2.10. The van der Waals surface area contributed by atoms with Crippen LogP contribution < -0.4 is 10.5 Å². The normalized spacial score (nSPS) is 10.7. The number of pyridine rings is 1. The van der Waals surface area contributed by atoms with Crippen molar-refractivity contribution in [3.05, 3.63) is 47.1 Å². The zero-order chi connectivity index (χ0) is 15.5. The van der Waals surface area contributed by atoms with Gasteiger partial charge in [-0.3, -0.25) is 0 Å². The van der Waals surface area contributed by atoms with Crippen LogP contribution in [0.2, 0.25) is 24.8 Å². The highest BCUT2D eigenvalue weighted by atomic mass is 35.5. The van der Waals surface area contributed by atoms with Crippen LogP contribution in [-0.2, 0) is 0 Å². The van der Waals surface area contributed by atoms with Crippen molar-refractivity contribution in [2.24, 2.45) is 0 Å². The lowest BCUT2D eigenvalue weighted by Gasteiger charge is -2.08. The molecule has 3 nitrogen and oxygen atoms in total. The molecule has 0 atom stereocenters. The number of rotatable bonds is 2. The Morgan fingerprint density at radius 1 is 1.19 bits per heavy atom. The number of nitrogens with two attached hydrogens (primary N) is 1. The molecule has 0 radical (unpaired) electrons. The van der Waals surface area contributed by atoms with Crippen LogP contribution in [0.3, 0.4) is 0 Å². The summed E-state index contributed by atoms with van der Waals surface area (Å²) in [4.78, 5) is 4.21. The van der Waals surface area contributed by atoms with Crippen LogP contribution in [0.15, 0.2) is 36.4 Å². The first-order valence-corrected chi connectivity index (χ1v) is 10.4. The van der Waals surface area contributed by atoms with E-state index in [0.717, 1.165) is 5.56 Å². The molecule has 108 valence electrons. The van der Waals surface area contributed by atoms with Crippen molar-refractivity contribution in [1.29, 1.82) is 0 Å². The van der Waals surface area contributed by atoms with E-state index in [9.17, 15) is 0 Å². The summed E-state index contributed by atoms with van der Waals surface area (Å²) in [6.07, 6.45) is 0. The Balaban J connectivity index is 2.37. The van der Waals surface area contributed by atoms with E-state index < -0.39 is 8.07 Å². The topological polar surface area (TPSA) is 48.1 Å². The van der Waals surface area contributed by atoms with E-state index in [1.165, 1.54) is 0 Å². The molecule has 0 saturated heterocycles. The van der Waals surface area contributed by atoms with Gasteiger partial charge in [0, 0.05) is 11.8 Å². The van der Waals surface area contributed by atoms with Gasteiger partial charge in [-0.1, -0.05) is 43.2 Å². The SMILES string of the molecule is C[Si](C)(C)C#Cc1ccc(Cl)nc1Oc1cccc(N)c1. The third kappa shape index (κ3) is 4.82. The third-order valence-corrected chi connectivity index (χ3v) is 3.56. The molecule has 0 unspecified atom stereocenters. The number of hydrogen-bond donors (Lipinski definition) is 1. The monoisotopic (exact) mass is 316 g/mol. The van der Waals surface area contributed by atoms with Gasteiger partial charge in [-0.15, -0.1) is 5.54 Å². The summed E-state index contributed by atoms with van der Waals surface area (Å²) in [5, 5.41) is 0.368.